The highest BCUT2D eigenvalue weighted by Gasteiger charge is 2.49. The molecule has 4 N–H and O–H groups in total. The minimum atomic E-state index is -0.150. The Morgan fingerprint density at radius 3 is 2.17 bits per heavy atom. The molecule has 0 radical (unpaired) electrons. The van der Waals surface area contributed by atoms with Crippen LogP contribution in [-0.4, -0.2) is 16.3 Å². The van der Waals surface area contributed by atoms with Gasteiger partial charge in [0, 0.05) is 17.0 Å². The Labute approximate surface area is 109 Å². The van der Waals surface area contributed by atoms with Gasteiger partial charge in [0.2, 0.25) is 0 Å². The maximum Gasteiger partial charge on any atom is 0.161 e. The summed E-state index contributed by atoms with van der Waals surface area (Å²) in [6, 6.07) is 3.64. The molecular weight excluding hydrogens is 226 g/mol. The Balaban J connectivity index is 2.58. The van der Waals surface area contributed by atoms with Crippen LogP contribution >= 0.6 is 0 Å². The molecule has 0 amide bonds. The van der Waals surface area contributed by atoms with Crippen molar-refractivity contribution in [2.75, 3.05) is 0 Å². The molecule has 3 nitrogen and oxygen atoms in total. The first-order valence-corrected chi connectivity index (χ1v) is 6.51. The number of hydrogen-bond donors (Lipinski definition) is 3. The first-order valence-electron chi connectivity index (χ1n) is 6.51. The molecule has 1 atom stereocenters. The van der Waals surface area contributed by atoms with E-state index in [1.807, 2.05) is 13.0 Å². The second-order valence-corrected chi connectivity index (χ2v) is 6.59. The predicted octanol–water partition coefficient (Wildman–Crippen LogP) is 2.77. The largest absolute Gasteiger partial charge is 0.504 e. The molecule has 0 bridgehead atoms. The van der Waals surface area contributed by atoms with Crippen LogP contribution in [0.15, 0.2) is 12.1 Å². The summed E-state index contributed by atoms with van der Waals surface area (Å²) >= 11 is 0. The predicted molar refractivity (Wildman–Crippen MR) is 73.0 cm³/mol. The van der Waals surface area contributed by atoms with Crippen LogP contribution in [0.5, 0.6) is 11.5 Å². The summed E-state index contributed by atoms with van der Waals surface area (Å²) in [4.78, 5) is 0. The number of benzene rings is 1. The molecule has 100 valence electrons. The molecule has 0 saturated heterocycles. The van der Waals surface area contributed by atoms with Gasteiger partial charge in [0.05, 0.1) is 0 Å². The van der Waals surface area contributed by atoms with Crippen LogP contribution in [0.4, 0.5) is 0 Å². The van der Waals surface area contributed by atoms with Crippen molar-refractivity contribution in [2.24, 2.45) is 5.73 Å². The van der Waals surface area contributed by atoms with Crippen LogP contribution in [0.3, 0.4) is 0 Å². The van der Waals surface area contributed by atoms with E-state index in [2.05, 4.69) is 20.8 Å². The van der Waals surface area contributed by atoms with Crippen LogP contribution in [0.2, 0.25) is 0 Å². The van der Waals surface area contributed by atoms with Crippen molar-refractivity contribution >= 4 is 0 Å². The van der Waals surface area contributed by atoms with Gasteiger partial charge in [0.1, 0.15) is 0 Å². The summed E-state index contributed by atoms with van der Waals surface area (Å²) < 4.78 is 0. The fraction of sp³-hybridized carbons (Fsp3) is 0.600. The molecule has 1 aliphatic carbocycles. The maximum absolute atomic E-state index is 10.1. The van der Waals surface area contributed by atoms with Gasteiger partial charge in [-0.1, -0.05) is 26.8 Å². The van der Waals surface area contributed by atoms with Crippen molar-refractivity contribution < 1.29 is 10.2 Å². The zero-order valence-corrected chi connectivity index (χ0v) is 11.6. The summed E-state index contributed by atoms with van der Waals surface area (Å²) in [5.74, 6) is -0.0397. The van der Waals surface area contributed by atoms with Crippen LogP contribution in [-0.2, 0) is 10.8 Å². The van der Waals surface area contributed by atoms with Gasteiger partial charge < -0.3 is 15.9 Å². The van der Waals surface area contributed by atoms with E-state index in [-0.39, 0.29) is 28.4 Å². The molecule has 2 rings (SSSR count). The number of nitrogens with two attached hydrogens (primary N) is 1. The lowest BCUT2D eigenvalue weighted by Crippen LogP contribution is -2.32. The van der Waals surface area contributed by atoms with Crippen LogP contribution < -0.4 is 5.73 Å². The Morgan fingerprint density at radius 2 is 1.78 bits per heavy atom. The van der Waals surface area contributed by atoms with E-state index in [4.69, 9.17) is 5.73 Å². The Hall–Kier alpha value is -1.22. The molecule has 0 aromatic heterocycles. The first kappa shape index (κ1) is 13.2. The molecule has 1 unspecified atom stereocenters. The minimum Gasteiger partial charge on any atom is -0.504 e. The first-order chi connectivity index (χ1) is 8.18. The van der Waals surface area contributed by atoms with Gasteiger partial charge in [-0.15, -0.1) is 0 Å². The second kappa shape index (κ2) is 3.89. The molecule has 1 aliphatic rings. The lowest BCUT2D eigenvalue weighted by Gasteiger charge is -2.26. The quantitative estimate of drug-likeness (QED) is 0.706. The Morgan fingerprint density at radius 1 is 1.22 bits per heavy atom. The van der Waals surface area contributed by atoms with Gasteiger partial charge in [-0.05, 0) is 36.8 Å². The average molecular weight is 249 g/mol. The monoisotopic (exact) mass is 249 g/mol. The highest BCUT2D eigenvalue weighted by atomic mass is 16.3. The molecule has 18 heavy (non-hydrogen) atoms. The summed E-state index contributed by atoms with van der Waals surface area (Å²) in [7, 11) is 0. The molecule has 1 aromatic rings. The standard InChI is InChI=1S/C15H23NO2/c1-9(16)15(5-6-15)11-7-10(14(2,3)4)8-12(17)13(11)18/h7-9,17-18H,5-6,16H2,1-4H3. The van der Waals surface area contributed by atoms with Crippen molar-refractivity contribution in [3.05, 3.63) is 23.3 Å². The molecule has 0 heterocycles. The minimum absolute atomic E-state index is 0.00204. The SMILES string of the molecule is CC(N)C1(c2cc(C(C)(C)C)cc(O)c2O)CC1. The van der Waals surface area contributed by atoms with Crippen molar-refractivity contribution in [1.29, 1.82) is 0 Å². The van der Waals surface area contributed by atoms with E-state index >= 15 is 0 Å². The number of rotatable bonds is 2. The zero-order valence-electron chi connectivity index (χ0n) is 11.6. The van der Waals surface area contributed by atoms with Crippen LogP contribution in [0.1, 0.15) is 51.7 Å². The Kier molecular flexibility index (Phi) is 2.85. The third-order valence-corrected chi connectivity index (χ3v) is 4.15. The number of phenols is 2. The van der Waals surface area contributed by atoms with Crippen molar-refractivity contribution in [3.8, 4) is 11.5 Å². The molecule has 0 aliphatic heterocycles. The van der Waals surface area contributed by atoms with Gasteiger partial charge in [-0.25, -0.2) is 0 Å². The van der Waals surface area contributed by atoms with Crippen molar-refractivity contribution in [3.63, 3.8) is 0 Å². The van der Waals surface area contributed by atoms with E-state index < -0.39 is 0 Å². The van der Waals surface area contributed by atoms with Gasteiger partial charge in [0.25, 0.3) is 0 Å². The summed E-state index contributed by atoms with van der Waals surface area (Å²) in [6.07, 6.45) is 1.95. The Bertz CT molecular complexity index is 468. The normalized spacial score (nSPS) is 19.6. The summed E-state index contributed by atoms with van der Waals surface area (Å²) in [6.45, 7) is 8.24. The molecular formula is C15H23NO2. The number of hydrogen-bond acceptors (Lipinski definition) is 3. The summed E-state index contributed by atoms with van der Waals surface area (Å²) in [5, 5.41) is 20.0. The van der Waals surface area contributed by atoms with E-state index in [1.54, 1.807) is 6.07 Å². The third-order valence-electron chi connectivity index (χ3n) is 4.15. The van der Waals surface area contributed by atoms with E-state index in [0.29, 0.717) is 0 Å². The molecule has 1 fully saturated rings. The fourth-order valence-electron chi connectivity index (χ4n) is 2.54. The van der Waals surface area contributed by atoms with Gasteiger partial charge in [0.15, 0.2) is 11.5 Å². The van der Waals surface area contributed by atoms with Crippen molar-refractivity contribution in [2.45, 2.75) is 57.4 Å². The fourth-order valence-corrected chi connectivity index (χ4v) is 2.54. The van der Waals surface area contributed by atoms with Crippen molar-refractivity contribution in [1.82, 2.24) is 0 Å². The maximum atomic E-state index is 10.1. The molecule has 1 aromatic carbocycles. The van der Waals surface area contributed by atoms with E-state index in [0.717, 1.165) is 24.0 Å². The lowest BCUT2D eigenvalue weighted by atomic mass is 9.81. The topological polar surface area (TPSA) is 66.5 Å². The van der Waals surface area contributed by atoms with Gasteiger partial charge >= 0.3 is 0 Å². The lowest BCUT2D eigenvalue weighted by molar-refractivity contribution is 0.387. The third kappa shape index (κ3) is 1.97. The summed E-state index contributed by atoms with van der Waals surface area (Å²) in [5.41, 5.74) is 7.67. The highest BCUT2D eigenvalue weighted by Crippen LogP contribution is 2.55. The van der Waals surface area contributed by atoms with Gasteiger partial charge in [-0.3, -0.25) is 0 Å². The second-order valence-electron chi connectivity index (χ2n) is 6.59. The van der Waals surface area contributed by atoms with Gasteiger partial charge in [-0.2, -0.15) is 0 Å². The molecule has 0 spiro atoms. The molecule has 3 heteroatoms. The molecule has 1 saturated carbocycles. The number of aromatic hydroxyl groups is 2. The van der Waals surface area contributed by atoms with Crippen LogP contribution in [0.25, 0.3) is 0 Å². The smallest absolute Gasteiger partial charge is 0.161 e. The van der Waals surface area contributed by atoms with E-state index in [9.17, 15) is 10.2 Å². The number of phenolic OH excluding ortho intramolecular Hbond substituents is 2. The average Bonchev–Trinajstić information content (AvgIpc) is 3.01. The van der Waals surface area contributed by atoms with E-state index in [1.165, 1.54) is 0 Å². The zero-order chi connectivity index (χ0) is 13.7. The van der Waals surface area contributed by atoms with Crippen LogP contribution in [0, 0.1) is 0 Å². The highest BCUT2D eigenvalue weighted by molar-refractivity contribution is 5.54.